The molecule has 0 aliphatic rings. The van der Waals surface area contributed by atoms with Crippen LogP contribution in [0.5, 0.6) is 11.5 Å². The Hall–Kier alpha value is -4.69. The molecule has 43 heavy (non-hydrogen) atoms. The lowest BCUT2D eigenvalue weighted by molar-refractivity contribution is -0.143. The molecule has 2 aromatic carbocycles. The third-order valence-electron chi connectivity index (χ3n) is 6.58. The molecule has 11 N–H and O–H groups in total. The molecule has 0 aliphatic heterocycles. The SMILES string of the molecule is NCCCCC(NC(=O)C(N)Cc1ccc(O)cc1)C(=O)NC(CCC(=O)O)C(=O)NC(Cc1ccc(O)cc1)C(=O)O. The van der Waals surface area contributed by atoms with Gasteiger partial charge in [0.2, 0.25) is 17.7 Å². The first kappa shape index (κ1) is 34.5. The number of aromatic hydroxyl groups is 2. The number of hydrogen-bond donors (Lipinski definition) is 9. The van der Waals surface area contributed by atoms with Crippen molar-refractivity contribution in [2.75, 3.05) is 6.54 Å². The maximum atomic E-state index is 13.3. The lowest BCUT2D eigenvalue weighted by Crippen LogP contribution is -2.57. The minimum Gasteiger partial charge on any atom is -0.508 e. The highest BCUT2D eigenvalue weighted by Crippen LogP contribution is 2.13. The molecule has 4 atom stereocenters. The van der Waals surface area contributed by atoms with Gasteiger partial charge in [-0.05, 0) is 74.0 Å². The molecule has 0 fully saturated rings. The third kappa shape index (κ3) is 12.4. The smallest absolute Gasteiger partial charge is 0.326 e. The molecular weight excluding hydrogens is 562 g/mol. The van der Waals surface area contributed by atoms with Crippen molar-refractivity contribution in [3.63, 3.8) is 0 Å². The Labute approximate surface area is 248 Å². The predicted molar refractivity (Wildman–Crippen MR) is 155 cm³/mol. The van der Waals surface area contributed by atoms with Crippen LogP contribution in [0.4, 0.5) is 0 Å². The summed E-state index contributed by atoms with van der Waals surface area (Å²) in [6.45, 7) is 0.337. The zero-order chi connectivity index (χ0) is 31.9. The van der Waals surface area contributed by atoms with E-state index in [9.17, 15) is 44.4 Å². The highest BCUT2D eigenvalue weighted by molar-refractivity contribution is 5.94. The number of phenols is 2. The number of carboxylic acids is 2. The number of rotatable bonds is 18. The van der Waals surface area contributed by atoms with Gasteiger partial charge in [0.05, 0.1) is 6.04 Å². The predicted octanol–water partition coefficient (Wildman–Crippen LogP) is -0.257. The van der Waals surface area contributed by atoms with Crippen LogP contribution in [0.2, 0.25) is 0 Å². The zero-order valence-corrected chi connectivity index (χ0v) is 23.6. The van der Waals surface area contributed by atoms with Crippen molar-refractivity contribution in [3.05, 3.63) is 59.7 Å². The standard InChI is InChI=1S/C29H39N5O9/c30-14-2-1-3-22(32-26(39)21(31)15-17-4-8-19(35)9-5-17)27(40)33-23(12-13-25(37)38)28(41)34-24(29(42)43)16-18-6-10-20(36)11-7-18/h4-11,21-24,35-36H,1-3,12-16,30-31H2,(H,32,39)(H,33,40)(H,34,41)(H,37,38)(H,42,43). The first-order chi connectivity index (χ1) is 20.4. The first-order valence-corrected chi connectivity index (χ1v) is 13.8. The summed E-state index contributed by atoms with van der Waals surface area (Å²) in [7, 11) is 0. The Bertz CT molecular complexity index is 1240. The molecule has 2 aromatic rings. The van der Waals surface area contributed by atoms with Gasteiger partial charge in [0.15, 0.2) is 0 Å². The second kappa shape index (κ2) is 17.3. The van der Waals surface area contributed by atoms with Crippen molar-refractivity contribution in [3.8, 4) is 11.5 Å². The van der Waals surface area contributed by atoms with Crippen LogP contribution in [-0.2, 0) is 36.8 Å². The number of carbonyl (C=O) groups is 5. The molecule has 0 saturated carbocycles. The average molecular weight is 602 g/mol. The van der Waals surface area contributed by atoms with Crippen LogP contribution in [0.25, 0.3) is 0 Å². The normalized spacial score (nSPS) is 13.6. The quantitative estimate of drug-likeness (QED) is 0.101. The summed E-state index contributed by atoms with van der Waals surface area (Å²) in [6.07, 6.45) is 0.258. The number of unbranched alkanes of at least 4 members (excludes halogenated alkanes) is 1. The Kier molecular flexibility index (Phi) is 13.9. The number of amides is 3. The summed E-state index contributed by atoms with van der Waals surface area (Å²) in [5, 5.41) is 45.1. The molecular formula is C29H39N5O9. The molecule has 0 aromatic heterocycles. The summed E-state index contributed by atoms with van der Waals surface area (Å²) in [4.78, 5) is 62.4. The minimum absolute atomic E-state index is 0.0227. The lowest BCUT2D eigenvalue weighted by Gasteiger charge is -2.25. The van der Waals surface area contributed by atoms with Gasteiger partial charge < -0.3 is 47.8 Å². The van der Waals surface area contributed by atoms with Gasteiger partial charge in [-0.25, -0.2) is 4.79 Å². The summed E-state index contributed by atoms with van der Waals surface area (Å²) in [5.74, 6) is -4.92. The van der Waals surface area contributed by atoms with Crippen molar-refractivity contribution < 1.29 is 44.4 Å². The molecule has 14 heteroatoms. The molecule has 0 saturated heterocycles. The second-order valence-corrected chi connectivity index (χ2v) is 10.1. The molecule has 0 spiro atoms. The van der Waals surface area contributed by atoms with Crippen LogP contribution in [-0.4, -0.2) is 80.8 Å². The fourth-order valence-electron chi connectivity index (χ4n) is 4.17. The maximum Gasteiger partial charge on any atom is 0.326 e. The fraction of sp³-hybridized carbons (Fsp3) is 0.414. The van der Waals surface area contributed by atoms with Gasteiger partial charge in [0.25, 0.3) is 0 Å². The molecule has 0 radical (unpaired) electrons. The average Bonchev–Trinajstić information content (AvgIpc) is 2.96. The van der Waals surface area contributed by atoms with Crippen LogP contribution in [0, 0.1) is 0 Å². The third-order valence-corrected chi connectivity index (χ3v) is 6.58. The van der Waals surface area contributed by atoms with Crippen molar-refractivity contribution in [2.45, 2.75) is 69.1 Å². The maximum absolute atomic E-state index is 13.3. The van der Waals surface area contributed by atoms with Crippen molar-refractivity contribution >= 4 is 29.7 Å². The highest BCUT2D eigenvalue weighted by Gasteiger charge is 2.30. The topological polar surface area (TPSA) is 254 Å². The number of phenolic OH excluding ortho intramolecular Hbond substituents is 2. The number of aliphatic carboxylic acids is 2. The Balaban J connectivity index is 2.16. The van der Waals surface area contributed by atoms with Crippen LogP contribution in [0.3, 0.4) is 0 Å². The number of nitrogens with two attached hydrogens (primary N) is 2. The molecule has 14 nitrogen and oxygen atoms in total. The van der Waals surface area contributed by atoms with Gasteiger partial charge in [0, 0.05) is 12.8 Å². The number of nitrogens with one attached hydrogen (secondary N) is 3. The molecule has 0 bridgehead atoms. The van der Waals surface area contributed by atoms with E-state index in [0.29, 0.717) is 30.5 Å². The summed E-state index contributed by atoms with van der Waals surface area (Å²) in [5.41, 5.74) is 12.8. The summed E-state index contributed by atoms with van der Waals surface area (Å²) >= 11 is 0. The highest BCUT2D eigenvalue weighted by atomic mass is 16.4. The lowest BCUT2D eigenvalue weighted by atomic mass is 10.0. The van der Waals surface area contributed by atoms with E-state index in [4.69, 9.17) is 11.5 Å². The molecule has 4 unspecified atom stereocenters. The number of hydrogen-bond acceptors (Lipinski definition) is 9. The molecule has 0 aliphatic carbocycles. The van der Waals surface area contributed by atoms with Gasteiger partial charge in [-0.1, -0.05) is 24.3 Å². The van der Waals surface area contributed by atoms with Crippen LogP contribution < -0.4 is 27.4 Å². The van der Waals surface area contributed by atoms with Crippen LogP contribution in [0.1, 0.15) is 43.2 Å². The second-order valence-electron chi connectivity index (χ2n) is 10.1. The minimum atomic E-state index is -1.43. The van der Waals surface area contributed by atoms with E-state index in [0.717, 1.165) is 0 Å². The van der Waals surface area contributed by atoms with Crippen molar-refractivity contribution in [1.82, 2.24) is 16.0 Å². The van der Waals surface area contributed by atoms with E-state index in [2.05, 4.69) is 16.0 Å². The van der Waals surface area contributed by atoms with Crippen LogP contribution >= 0.6 is 0 Å². The van der Waals surface area contributed by atoms with E-state index < -0.39 is 60.2 Å². The largest absolute Gasteiger partial charge is 0.508 e. The molecule has 3 amide bonds. The molecule has 0 heterocycles. The summed E-state index contributed by atoms with van der Waals surface area (Å²) < 4.78 is 0. The Morgan fingerprint density at radius 1 is 0.651 bits per heavy atom. The van der Waals surface area contributed by atoms with Crippen molar-refractivity contribution in [2.24, 2.45) is 11.5 Å². The van der Waals surface area contributed by atoms with E-state index in [1.807, 2.05) is 0 Å². The molecule has 2 rings (SSSR count). The fourth-order valence-corrected chi connectivity index (χ4v) is 4.17. The monoisotopic (exact) mass is 601 g/mol. The number of benzene rings is 2. The van der Waals surface area contributed by atoms with Crippen LogP contribution in [0.15, 0.2) is 48.5 Å². The van der Waals surface area contributed by atoms with Gasteiger partial charge >= 0.3 is 11.9 Å². The number of carbonyl (C=O) groups excluding carboxylic acids is 3. The molecule has 234 valence electrons. The van der Waals surface area contributed by atoms with E-state index >= 15 is 0 Å². The van der Waals surface area contributed by atoms with Crippen molar-refractivity contribution in [1.29, 1.82) is 0 Å². The van der Waals surface area contributed by atoms with Gasteiger partial charge in [-0.2, -0.15) is 0 Å². The van der Waals surface area contributed by atoms with Gasteiger partial charge in [-0.15, -0.1) is 0 Å². The van der Waals surface area contributed by atoms with E-state index in [-0.39, 0.29) is 37.2 Å². The summed E-state index contributed by atoms with van der Waals surface area (Å²) in [6, 6.07) is 6.78. The van der Waals surface area contributed by atoms with E-state index in [1.165, 1.54) is 36.4 Å². The zero-order valence-electron chi connectivity index (χ0n) is 23.6. The Morgan fingerprint density at radius 3 is 1.60 bits per heavy atom. The Morgan fingerprint density at radius 2 is 1.12 bits per heavy atom. The van der Waals surface area contributed by atoms with E-state index in [1.54, 1.807) is 12.1 Å². The number of carboxylic acid groups (broad SMARTS) is 2. The van der Waals surface area contributed by atoms with Gasteiger partial charge in [0.1, 0.15) is 29.6 Å². The van der Waals surface area contributed by atoms with Gasteiger partial charge in [-0.3, -0.25) is 19.2 Å². The first-order valence-electron chi connectivity index (χ1n) is 13.8.